The maximum atomic E-state index is 13.9. The predicted octanol–water partition coefficient (Wildman–Crippen LogP) is 4.20. The van der Waals surface area contributed by atoms with Crippen molar-refractivity contribution in [2.24, 2.45) is 0 Å². The molecule has 0 bridgehead atoms. The van der Waals surface area contributed by atoms with E-state index in [-0.39, 0.29) is 11.3 Å². The maximum absolute atomic E-state index is 13.9. The van der Waals surface area contributed by atoms with Crippen LogP contribution >= 0.6 is 15.9 Å². The van der Waals surface area contributed by atoms with Crippen LogP contribution in [0.4, 0.5) is 10.1 Å². The van der Waals surface area contributed by atoms with E-state index in [2.05, 4.69) is 31.4 Å². The Morgan fingerprint density at radius 2 is 2.17 bits per heavy atom. The molecule has 1 aromatic carbocycles. The number of rotatable bonds is 3. The quantitative estimate of drug-likeness (QED) is 0.744. The number of anilines is 1. The van der Waals surface area contributed by atoms with Gasteiger partial charge in [0.1, 0.15) is 22.8 Å². The summed E-state index contributed by atoms with van der Waals surface area (Å²) >= 11 is 3.17. The van der Waals surface area contributed by atoms with Crippen LogP contribution in [-0.4, -0.2) is 16.0 Å². The number of nitrogens with zero attached hydrogens (tertiary/aromatic N) is 2. The van der Waals surface area contributed by atoms with Crippen LogP contribution in [0.1, 0.15) is 16.1 Å². The van der Waals surface area contributed by atoms with Crippen molar-refractivity contribution >= 4 is 27.5 Å². The Labute approximate surface area is 139 Å². The van der Waals surface area contributed by atoms with Gasteiger partial charge >= 0.3 is 0 Å². The molecule has 3 aromatic rings. The summed E-state index contributed by atoms with van der Waals surface area (Å²) in [6.07, 6.45) is 3.20. The summed E-state index contributed by atoms with van der Waals surface area (Å²) in [5, 5.41) is 6.44. The molecular formula is C16H11BrFN3O2. The first kappa shape index (κ1) is 15.4. The van der Waals surface area contributed by atoms with Gasteiger partial charge in [-0.25, -0.2) is 4.39 Å². The number of hydrogen-bond donors (Lipinski definition) is 1. The van der Waals surface area contributed by atoms with Crippen LogP contribution < -0.4 is 5.32 Å². The summed E-state index contributed by atoms with van der Waals surface area (Å²) < 4.78 is 19.6. The molecule has 0 spiro atoms. The third-order valence-electron chi connectivity index (χ3n) is 3.20. The van der Waals surface area contributed by atoms with Crippen molar-refractivity contribution < 1.29 is 13.7 Å². The molecule has 5 nitrogen and oxygen atoms in total. The van der Waals surface area contributed by atoms with E-state index in [0.29, 0.717) is 21.5 Å². The lowest BCUT2D eigenvalue weighted by molar-refractivity contribution is 0.102. The van der Waals surface area contributed by atoms with E-state index >= 15 is 0 Å². The number of aromatic nitrogens is 2. The standard InChI is InChI=1S/C16H11BrFN3O2/c1-9-14(15(21-23-9)10-3-2-6-19-8-10)16(22)20-13-5-4-11(17)7-12(13)18/h2-8H,1H3,(H,20,22). The first-order valence-corrected chi connectivity index (χ1v) is 7.48. The lowest BCUT2D eigenvalue weighted by Gasteiger charge is -2.07. The monoisotopic (exact) mass is 375 g/mol. The summed E-state index contributed by atoms with van der Waals surface area (Å²) in [4.78, 5) is 16.5. The Morgan fingerprint density at radius 1 is 1.35 bits per heavy atom. The van der Waals surface area contributed by atoms with Crippen molar-refractivity contribution in [3.05, 3.63) is 64.3 Å². The minimum absolute atomic E-state index is 0.0796. The maximum Gasteiger partial charge on any atom is 0.261 e. The topological polar surface area (TPSA) is 68.0 Å². The van der Waals surface area contributed by atoms with Gasteiger partial charge in [-0.15, -0.1) is 0 Å². The molecule has 0 radical (unpaired) electrons. The molecule has 7 heteroatoms. The van der Waals surface area contributed by atoms with Crippen molar-refractivity contribution in [3.63, 3.8) is 0 Å². The van der Waals surface area contributed by atoms with E-state index in [1.807, 2.05) is 0 Å². The van der Waals surface area contributed by atoms with E-state index in [4.69, 9.17) is 4.52 Å². The Kier molecular flexibility index (Phi) is 4.20. The first-order valence-electron chi connectivity index (χ1n) is 6.69. The summed E-state index contributed by atoms with van der Waals surface area (Å²) in [7, 11) is 0. The van der Waals surface area contributed by atoms with E-state index in [1.54, 1.807) is 37.5 Å². The average Bonchev–Trinajstić information content (AvgIpc) is 2.93. The smallest absolute Gasteiger partial charge is 0.261 e. The molecular weight excluding hydrogens is 365 g/mol. The van der Waals surface area contributed by atoms with E-state index < -0.39 is 11.7 Å². The molecule has 2 heterocycles. The van der Waals surface area contributed by atoms with Gasteiger partial charge in [0.15, 0.2) is 0 Å². The fourth-order valence-electron chi connectivity index (χ4n) is 2.12. The Bertz CT molecular complexity index is 865. The van der Waals surface area contributed by atoms with Gasteiger partial charge in [-0.2, -0.15) is 0 Å². The number of nitrogens with one attached hydrogen (secondary N) is 1. The summed E-state index contributed by atoms with van der Waals surface area (Å²) in [5.74, 6) is -0.688. The van der Waals surface area contributed by atoms with Crippen molar-refractivity contribution in [1.29, 1.82) is 0 Å². The fraction of sp³-hybridized carbons (Fsp3) is 0.0625. The fourth-order valence-corrected chi connectivity index (χ4v) is 2.45. The highest BCUT2D eigenvalue weighted by Crippen LogP contribution is 2.26. The highest BCUT2D eigenvalue weighted by atomic mass is 79.9. The van der Waals surface area contributed by atoms with Crippen LogP contribution in [0.2, 0.25) is 0 Å². The molecule has 116 valence electrons. The van der Waals surface area contributed by atoms with Crippen LogP contribution in [0.15, 0.2) is 51.7 Å². The second kappa shape index (κ2) is 6.29. The molecule has 23 heavy (non-hydrogen) atoms. The van der Waals surface area contributed by atoms with Gasteiger partial charge in [0.25, 0.3) is 5.91 Å². The molecule has 0 aliphatic rings. The summed E-state index contributed by atoms with van der Waals surface area (Å²) in [5.41, 5.74) is 1.34. The molecule has 3 rings (SSSR count). The lowest BCUT2D eigenvalue weighted by Crippen LogP contribution is -2.14. The molecule has 1 amide bonds. The number of hydrogen-bond acceptors (Lipinski definition) is 4. The van der Waals surface area contributed by atoms with Crippen LogP contribution in [-0.2, 0) is 0 Å². The minimum Gasteiger partial charge on any atom is -0.360 e. The van der Waals surface area contributed by atoms with Crippen LogP contribution in [0.5, 0.6) is 0 Å². The highest BCUT2D eigenvalue weighted by molar-refractivity contribution is 9.10. The molecule has 2 aromatic heterocycles. The largest absolute Gasteiger partial charge is 0.360 e. The van der Waals surface area contributed by atoms with Gasteiger partial charge in [-0.1, -0.05) is 21.1 Å². The third kappa shape index (κ3) is 3.14. The van der Waals surface area contributed by atoms with Crippen molar-refractivity contribution in [2.75, 3.05) is 5.32 Å². The first-order chi connectivity index (χ1) is 11.1. The Hall–Kier alpha value is -2.54. The SMILES string of the molecule is Cc1onc(-c2cccnc2)c1C(=O)Nc1ccc(Br)cc1F. The van der Waals surface area contributed by atoms with Gasteiger partial charge in [0.05, 0.1) is 5.69 Å². The van der Waals surface area contributed by atoms with Crippen molar-refractivity contribution in [2.45, 2.75) is 6.92 Å². The second-order valence-electron chi connectivity index (χ2n) is 4.78. The number of carbonyl (C=O) groups is 1. The second-order valence-corrected chi connectivity index (χ2v) is 5.70. The molecule has 1 N–H and O–H groups in total. The van der Waals surface area contributed by atoms with Crippen LogP contribution in [0.3, 0.4) is 0 Å². The van der Waals surface area contributed by atoms with Gasteiger partial charge in [0, 0.05) is 22.4 Å². The summed E-state index contributed by atoms with van der Waals surface area (Å²) in [6, 6.07) is 7.89. The summed E-state index contributed by atoms with van der Waals surface area (Å²) in [6.45, 7) is 1.62. The minimum atomic E-state index is -0.537. The van der Waals surface area contributed by atoms with E-state index in [0.717, 1.165) is 0 Å². The van der Waals surface area contributed by atoms with Crippen LogP contribution in [0, 0.1) is 12.7 Å². The molecule has 0 aliphatic carbocycles. The third-order valence-corrected chi connectivity index (χ3v) is 3.70. The molecule has 0 atom stereocenters. The number of carbonyl (C=O) groups excluding carboxylic acids is 1. The average molecular weight is 376 g/mol. The Morgan fingerprint density at radius 3 is 2.87 bits per heavy atom. The van der Waals surface area contributed by atoms with Gasteiger partial charge < -0.3 is 9.84 Å². The van der Waals surface area contributed by atoms with Gasteiger partial charge in [0.2, 0.25) is 0 Å². The van der Waals surface area contributed by atoms with E-state index in [9.17, 15) is 9.18 Å². The lowest BCUT2D eigenvalue weighted by atomic mass is 10.1. The number of pyridine rings is 1. The molecule has 0 aliphatic heterocycles. The molecule has 0 unspecified atom stereocenters. The van der Waals surface area contributed by atoms with E-state index in [1.165, 1.54) is 12.1 Å². The molecule has 0 saturated carbocycles. The zero-order chi connectivity index (χ0) is 16.4. The number of benzene rings is 1. The predicted molar refractivity (Wildman–Crippen MR) is 86.5 cm³/mol. The Balaban J connectivity index is 1.96. The van der Waals surface area contributed by atoms with Gasteiger partial charge in [-0.05, 0) is 37.3 Å². The van der Waals surface area contributed by atoms with Gasteiger partial charge in [-0.3, -0.25) is 9.78 Å². The molecule has 0 fully saturated rings. The zero-order valence-corrected chi connectivity index (χ0v) is 13.6. The van der Waals surface area contributed by atoms with Crippen LogP contribution in [0.25, 0.3) is 11.3 Å². The number of aryl methyl sites for hydroxylation is 1. The number of amides is 1. The van der Waals surface area contributed by atoms with Crippen molar-refractivity contribution in [3.8, 4) is 11.3 Å². The normalized spacial score (nSPS) is 10.6. The highest BCUT2D eigenvalue weighted by Gasteiger charge is 2.22. The zero-order valence-electron chi connectivity index (χ0n) is 12.0. The van der Waals surface area contributed by atoms with Crippen molar-refractivity contribution in [1.82, 2.24) is 10.1 Å². The number of halogens is 2. The molecule has 0 saturated heterocycles.